The first kappa shape index (κ1) is 24.7. The van der Waals surface area contributed by atoms with Crippen LogP contribution in [0.2, 0.25) is 0 Å². The van der Waals surface area contributed by atoms with Crippen molar-refractivity contribution in [1.82, 2.24) is 15.5 Å². The van der Waals surface area contributed by atoms with Crippen LogP contribution < -0.4 is 10.6 Å². The molecular weight excluding hydrogens is 434 g/mol. The molecule has 8 nitrogen and oxygen atoms in total. The Morgan fingerprint density at radius 3 is 2.50 bits per heavy atom. The lowest BCUT2D eigenvalue weighted by Gasteiger charge is -2.37. The van der Waals surface area contributed by atoms with Gasteiger partial charge in [0.05, 0.1) is 17.4 Å². The quantitative estimate of drug-likeness (QED) is 0.560. The third kappa shape index (κ3) is 3.90. The average Bonchev–Trinajstić information content (AvgIpc) is 3.27. The van der Waals surface area contributed by atoms with Gasteiger partial charge in [0.15, 0.2) is 0 Å². The Labute approximate surface area is 201 Å². The van der Waals surface area contributed by atoms with Crippen molar-refractivity contribution < 1.29 is 24.2 Å². The van der Waals surface area contributed by atoms with Crippen LogP contribution in [0.25, 0.3) is 0 Å². The number of ether oxygens (including phenoxy) is 1. The minimum atomic E-state index is -1.06. The fourth-order valence-corrected chi connectivity index (χ4v) is 6.25. The van der Waals surface area contributed by atoms with Gasteiger partial charge in [-0.25, -0.2) is 0 Å². The molecule has 0 aliphatic carbocycles. The van der Waals surface area contributed by atoms with Crippen molar-refractivity contribution in [1.29, 1.82) is 0 Å². The molecule has 34 heavy (non-hydrogen) atoms. The van der Waals surface area contributed by atoms with Crippen LogP contribution in [0.5, 0.6) is 0 Å². The largest absolute Gasteiger partial charge is 0.396 e. The number of carbonyl (C=O) groups is 3. The molecule has 0 aromatic heterocycles. The molecule has 8 heteroatoms. The number of aliphatic hydroxyl groups is 1. The molecule has 0 saturated carbocycles. The summed E-state index contributed by atoms with van der Waals surface area (Å²) in [6, 6.07) is 8.78. The van der Waals surface area contributed by atoms with Crippen LogP contribution in [0.4, 0.5) is 0 Å². The molecule has 3 amide bonds. The summed E-state index contributed by atoms with van der Waals surface area (Å²) in [5.74, 6) is -2.18. The summed E-state index contributed by atoms with van der Waals surface area (Å²) in [6.07, 6.45) is 0.881. The van der Waals surface area contributed by atoms with E-state index in [-0.39, 0.29) is 36.8 Å². The zero-order valence-electron chi connectivity index (χ0n) is 20.8. The van der Waals surface area contributed by atoms with E-state index >= 15 is 0 Å². The van der Waals surface area contributed by atoms with Crippen molar-refractivity contribution in [2.45, 2.75) is 76.8 Å². The molecular formula is C26H37N3O5. The molecule has 6 atom stereocenters. The lowest BCUT2D eigenvalue weighted by molar-refractivity contribution is -0.148. The highest BCUT2D eigenvalue weighted by molar-refractivity contribution is 5.99. The SMILES string of the molecule is CC1CC23O[C@]1(C)[C@@H](C(=O)NCc1ccccc1)[C@H]2C(=O)N(CCCO)C3C(=O)NC(C)(C)C. The monoisotopic (exact) mass is 471 g/mol. The highest BCUT2D eigenvalue weighted by atomic mass is 16.5. The molecule has 3 aliphatic heterocycles. The third-order valence-corrected chi connectivity index (χ3v) is 7.71. The summed E-state index contributed by atoms with van der Waals surface area (Å²) < 4.78 is 6.65. The van der Waals surface area contributed by atoms with Crippen LogP contribution in [0.3, 0.4) is 0 Å². The summed E-state index contributed by atoms with van der Waals surface area (Å²) in [4.78, 5) is 42.5. The van der Waals surface area contributed by atoms with Crippen LogP contribution in [-0.4, -0.2) is 63.7 Å². The maximum absolute atomic E-state index is 13.8. The summed E-state index contributed by atoms with van der Waals surface area (Å²) in [5.41, 5.74) is -1.43. The van der Waals surface area contributed by atoms with Crippen molar-refractivity contribution in [3.63, 3.8) is 0 Å². The molecule has 2 bridgehead atoms. The fraction of sp³-hybridized carbons (Fsp3) is 0.654. The topological polar surface area (TPSA) is 108 Å². The minimum Gasteiger partial charge on any atom is -0.396 e. The Balaban J connectivity index is 1.68. The predicted molar refractivity (Wildman–Crippen MR) is 126 cm³/mol. The van der Waals surface area contributed by atoms with Gasteiger partial charge in [0, 0.05) is 25.2 Å². The molecule has 1 aromatic carbocycles. The van der Waals surface area contributed by atoms with Crippen LogP contribution in [0, 0.1) is 17.8 Å². The Morgan fingerprint density at radius 2 is 1.88 bits per heavy atom. The normalized spacial score (nSPS) is 34.3. The Bertz CT molecular complexity index is 961. The number of carbonyl (C=O) groups excluding carboxylic acids is 3. The smallest absolute Gasteiger partial charge is 0.246 e. The second-order valence-corrected chi connectivity index (χ2v) is 11.3. The first-order chi connectivity index (χ1) is 15.9. The van der Waals surface area contributed by atoms with Crippen LogP contribution in [0.15, 0.2) is 30.3 Å². The van der Waals surface area contributed by atoms with Gasteiger partial charge < -0.3 is 25.4 Å². The van der Waals surface area contributed by atoms with Gasteiger partial charge in [0.25, 0.3) is 0 Å². The van der Waals surface area contributed by atoms with Gasteiger partial charge in [-0.2, -0.15) is 0 Å². The van der Waals surface area contributed by atoms with E-state index in [0.717, 1.165) is 5.56 Å². The number of aliphatic hydroxyl groups excluding tert-OH is 1. The van der Waals surface area contributed by atoms with Gasteiger partial charge >= 0.3 is 0 Å². The zero-order chi connectivity index (χ0) is 24.9. The lowest BCUT2D eigenvalue weighted by Crippen LogP contribution is -2.58. The molecule has 3 N–H and O–H groups in total. The van der Waals surface area contributed by atoms with Gasteiger partial charge in [0.2, 0.25) is 17.7 Å². The molecule has 1 spiro atoms. The summed E-state index contributed by atoms with van der Waals surface area (Å²) >= 11 is 0. The van der Waals surface area contributed by atoms with E-state index in [1.807, 2.05) is 65.0 Å². The van der Waals surface area contributed by atoms with Crippen molar-refractivity contribution in [2.24, 2.45) is 17.8 Å². The van der Waals surface area contributed by atoms with E-state index in [2.05, 4.69) is 10.6 Å². The first-order valence-electron chi connectivity index (χ1n) is 12.2. The van der Waals surface area contributed by atoms with Crippen LogP contribution in [0.1, 0.15) is 53.0 Å². The van der Waals surface area contributed by atoms with Crippen molar-refractivity contribution in [3.05, 3.63) is 35.9 Å². The summed E-state index contributed by atoms with van der Waals surface area (Å²) in [5, 5.41) is 15.5. The number of hydrogen-bond acceptors (Lipinski definition) is 5. The zero-order valence-corrected chi connectivity index (χ0v) is 20.8. The van der Waals surface area contributed by atoms with E-state index in [1.54, 1.807) is 0 Å². The number of likely N-dealkylation sites (tertiary alicyclic amines) is 1. The number of nitrogens with zero attached hydrogens (tertiary/aromatic N) is 1. The Hall–Kier alpha value is -2.45. The van der Waals surface area contributed by atoms with Crippen molar-refractivity contribution in [2.75, 3.05) is 13.2 Å². The minimum absolute atomic E-state index is 0.00764. The lowest BCUT2D eigenvalue weighted by atomic mass is 9.62. The molecule has 3 saturated heterocycles. The number of rotatable bonds is 7. The number of benzene rings is 1. The third-order valence-electron chi connectivity index (χ3n) is 7.71. The van der Waals surface area contributed by atoms with Gasteiger partial charge in [-0.3, -0.25) is 14.4 Å². The maximum atomic E-state index is 13.8. The summed E-state index contributed by atoms with van der Waals surface area (Å²) in [7, 11) is 0. The summed E-state index contributed by atoms with van der Waals surface area (Å²) in [6.45, 7) is 10.1. The number of amides is 3. The highest BCUT2D eigenvalue weighted by Gasteiger charge is 2.79. The first-order valence-corrected chi connectivity index (χ1v) is 12.2. The predicted octanol–water partition coefficient (Wildman–Crippen LogP) is 1.61. The molecule has 0 radical (unpaired) electrons. The van der Waals surface area contributed by atoms with Crippen LogP contribution in [-0.2, 0) is 25.7 Å². The Morgan fingerprint density at radius 1 is 1.21 bits per heavy atom. The van der Waals surface area contributed by atoms with E-state index in [4.69, 9.17) is 4.74 Å². The molecule has 4 rings (SSSR count). The van der Waals surface area contributed by atoms with Gasteiger partial charge in [-0.05, 0) is 52.0 Å². The molecule has 3 unspecified atom stereocenters. The number of nitrogens with one attached hydrogen (secondary N) is 2. The second-order valence-electron chi connectivity index (χ2n) is 11.3. The average molecular weight is 472 g/mol. The molecule has 3 fully saturated rings. The van der Waals surface area contributed by atoms with Crippen molar-refractivity contribution >= 4 is 17.7 Å². The fourth-order valence-electron chi connectivity index (χ4n) is 6.25. The van der Waals surface area contributed by atoms with Crippen LogP contribution >= 0.6 is 0 Å². The molecule has 3 heterocycles. The Kier molecular flexibility index (Phi) is 6.27. The van der Waals surface area contributed by atoms with Gasteiger partial charge in [-0.1, -0.05) is 37.3 Å². The number of hydrogen-bond donors (Lipinski definition) is 3. The van der Waals surface area contributed by atoms with Crippen molar-refractivity contribution in [3.8, 4) is 0 Å². The highest BCUT2D eigenvalue weighted by Crippen LogP contribution is 2.65. The molecule has 1 aromatic rings. The van der Waals surface area contributed by atoms with E-state index in [0.29, 0.717) is 19.4 Å². The van der Waals surface area contributed by atoms with E-state index in [9.17, 15) is 19.5 Å². The number of fused-ring (bicyclic) bond motifs is 1. The van der Waals surface area contributed by atoms with Gasteiger partial charge in [-0.15, -0.1) is 0 Å². The maximum Gasteiger partial charge on any atom is 0.246 e. The van der Waals surface area contributed by atoms with E-state index in [1.165, 1.54) is 4.90 Å². The van der Waals surface area contributed by atoms with Gasteiger partial charge in [0.1, 0.15) is 11.6 Å². The van der Waals surface area contributed by atoms with E-state index < -0.39 is 34.6 Å². The molecule has 3 aliphatic rings. The second kappa shape index (κ2) is 8.64. The molecule has 186 valence electrons. The standard InChI is InChI=1S/C26H37N3O5/c1-16-14-26-19(23(33)29(12-9-13-30)20(26)22(32)28-24(2,3)4)18(25(16,5)34-26)21(31)27-15-17-10-7-6-8-11-17/h6-8,10-11,16,18-20,30H,9,12-15H2,1-5H3,(H,27,31)(H,28,32)/t16?,18-,19+,20?,25+,26?/m1/s1.